The van der Waals surface area contributed by atoms with E-state index in [0.29, 0.717) is 17.0 Å². The maximum Gasteiger partial charge on any atom is 0.330 e. The fraction of sp³-hybridized carbons (Fsp3) is 0.545. The van der Waals surface area contributed by atoms with Crippen LogP contribution in [0.5, 0.6) is 0 Å². The van der Waals surface area contributed by atoms with E-state index in [0.717, 1.165) is 0 Å². The van der Waals surface area contributed by atoms with E-state index in [4.69, 9.17) is 0 Å². The van der Waals surface area contributed by atoms with Gasteiger partial charge < -0.3 is 10.1 Å². The topological polar surface area (TPSA) is 84.1 Å². The van der Waals surface area contributed by atoms with Crippen molar-refractivity contribution in [3.63, 3.8) is 0 Å². The summed E-state index contributed by atoms with van der Waals surface area (Å²) in [6.45, 7) is 6.65. The average molecular weight is 239 g/mol. The standard InChI is InChI=1S/C11H17N3O3/c1-6-8(7(2)14-13-6)9(15)12-11(3,4)10(16)17-5/h1-5H3,(H,12,15)(H,13,14). The second kappa shape index (κ2) is 4.57. The Bertz CT molecular complexity index is 429. The smallest absolute Gasteiger partial charge is 0.330 e. The number of amides is 1. The van der Waals surface area contributed by atoms with Gasteiger partial charge in [0, 0.05) is 5.69 Å². The molecule has 6 nitrogen and oxygen atoms in total. The van der Waals surface area contributed by atoms with Crippen LogP contribution in [0.3, 0.4) is 0 Å². The van der Waals surface area contributed by atoms with E-state index in [1.54, 1.807) is 27.7 Å². The lowest BCUT2D eigenvalue weighted by atomic mass is 10.0. The summed E-state index contributed by atoms with van der Waals surface area (Å²) in [6, 6.07) is 0. The quantitative estimate of drug-likeness (QED) is 0.761. The number of aromatic amines is 1. The van der Waals surface area contributed by atoms with Crippen molar-refractivity contribution in [2.45, 2.75) is 33.2 Å². The molecule has 0 aliphatic rings. The number of hydrogen-bond donors (Lipinski definition) is 2. The number of aryl methyl sites for hydroxylation is 2. The Hall–Kier alpha value is -1.85. The predicted octanol–water partition coefficient (Wildman–Crippen LogP) is 0.708. The zero-order chi connectivity index (χ0) is 13.2. The molecule has 1 aromatic rings. The van der Waals surface area contributed by atoms with Gasteiger partial charge >= 0.3 is 5.97 Å². The molecule has 1 rings (SSSR count). The van der Waals surface area contributed by atoms with E-state index >= 15 is 0 Å². The van der Waals surface area contributed by atoms with E-state index in [1.807, 2.05) is 0 Å². The normalized spacial score (nSPS) is 11.1. The van der Waals surface area contributed by atoms with Crippen LogP contribution in [0.2, 0.25) is 0 Å². The fourth-order valence-corrected chi connectivity index (χ4v) is 1.54. The minimum absolute atomic E-state index is 0.343. The van der Waals surface area contributed by atoms with Crippen LogP contribution >= 0.6 is 0 Å². The molecule has 94 valence electrons. The number of aromatic nitrogens is 2. The zero-order valence-electron chi connectivity index (χ0n) is 10.7. The molecule has 0 unspecified atom stereocenters. The van der Waals surface area contributed by atoms with Gasteiger partial charge in [-0.2, -0.15) is 5.10 Å². The molecular formula is C11H17N3O3. The van der Waals surface area contributed by atoms with Crippen molar-refractivity contribution in [3.05, 3.63) is 17.0 Å². The summed E-state index contributed by atoms with van der Waals surface area (Å²) >= 11 is 0. The number of ether oxygens (including phenoxy) is 1. The first kappa shape index (κ1) is 13.2. The lowest BCUT2D eigenvalue weighted by molar-refractivity contribution is -0.146. The van der Waals surface area contributed by atoms with Gasteiger partial charge in [0.25, 0.3) is 5.91 Å². The summed E-state index contributed by atoms with van der Waals surface area (Å²) in [5.74, 6) is -0.839. The van der Waals surface area contributed by atoms with Gasteiger partial charge in [0.1, 0.15) is 5.54 Å². The summed E-state index contributed by atoms with van der Waals surface area (Å²) in [4.78, 5) is 23.5. The average Bonchev–Trinajstić information content (AvgIpc) is 2.56. The molecule has 0 atom stereocenters. The van der Waals surface area contributed by atoms with Gasteiger partial charge in [0.15, 0.2) is 0 Å². The number of hydrogen-bond acceptors (Lipinski definition) is 4. The number of methoxy groups -OCH3 is 1. The van der Waals surface area contributed by atoms with Crippen LogP contribution in [0.4, 0.5) is 0 Å². The molecule has 0 spiro atoms. The molecule has 0 fully saturated rings. The van der Waals surface area contributed by atoms with E-state index in [9.17, 15) is 9.59 Å². The molecule has 0 aliphatic carbocycles. The van der Waals surface area contributed by atoms with Gasteiger partial charge in [-0.05, 0) is 27.7 Å². The van der Waals surface area contributed by atoms with Gasteiger partial charge in [0.2, 0.25) is 0 Å². The maximum atomic E-state index is 12.0. The molecule has 1 heterocycles. The number of carbonyl (C=O) groups excluding carboxylic acids is 2. The van der Waals surface area contributed by atoms with Crippen molar-refractivity contribution in [2.24, 2.45) is 0 Å². The van der Waals surface area contributed by atoms with Crippen LogP contribution in [0.1, 0.15) is 35.6 Å². The first-order valence-corrected chi connectivity index (χ1v) is 5.22. The number of esters is 1. The number of carbonyl (C=O) groups is 2. The lowest BCUT2D eigenvalue weighted by Crippen LogP contribution is -2.50. The Morgan fingerprint density at radius 2 is 1.94 bits per heavy atom. The largest absolute Gasteiger partial charge is 0.467 e. The molecule has 1 amide bonds. The SMILES string of the molecule is COC(=O)C(C)(C)NC(=O)c1c(C)n[nH]c1C. The number of rotatable bonds is 3. The van der Waals surface area contributed by atoms with Crippen LogP contribution in [0.25, 0.3) is 0 Å². The van der Waals surface area contributed by atoms with Gasteiger partial charge in [-0.3, -0.25) is 9.89 Å². The number of nitrogens with one attached hydrogen (secondary N) is 2. The molecule has 0 saturated carbocycles. The van der Waals surface area contributed by atoms with Crippen LogP contribution < -0.4 is 5.32 Å². The summed E-state index contributed by atoms with van der Waals surface area (Å²) in [5, 5.41) is 9.27. The van der Waals surface area contributed by atoms with E-state index < -0.39 is 11.5 Å². The van der Waals surface area contributed by atoms with Crippen molar-refractivity contribution >= 4 is 11.9 Å². The summed E-state index contributed by atoms with van der Waals surface area (Å²) in [5.41, 5.74) is 0.658. The van der Waals surface area contributed by atoms with Crippen LogP contribution in [-0.4, -0.2) is 34.7 Å². The second-order valence-corrected chi connectivity index (χ2v) is 4.38. The molecule has 2 N–H and O–H groups in total. The van der Waals surface area contributed by atoms with Gasteiger partial charge in [-0.1, -0.05) is 0 Å². The van der Waals surface area contributed by atoms with Gasteiger partial charge in [0.05, 0.1) is 18.4 Å². The molecule has 1 aromatic heterocycles. The Morgan fingerprint density at radius 1 is 1.35 bits per heavy atom. The summed E-state index contributed by atoms with van der Waals surface area (Å²) in [6.07, 6.45) is 0. The fourth-order valence-electron chi connectivity index (χ4n) is 1.54. The Morgan fingerprint density at radius 3 is 2.35 bits per heavy atom. The predicted molar refractivity (Wildman–Crippen MR) is 61.6 cm³/mol. The summed E-state index contributed by atoms with van der Waals surface area (Å²) < 4.78 is 4.62. The van der Waals surface area contributed by atoms with Crippen LogP contribution in [0, 0.1) is 13.8 Å². The highest BCUT2D eigenvalue weighted by molar-refractivity contribution is 5.99. The highest BCUT2D eigenvalue weighted by Crippen LogP contribution is 2.12. The van der Waals surface area contributed by atoms with Crippen molar-refractivity contribution in [1.82, 2.24) is 15.5 Å². The van der Waals surface area contributed by atoms with Gasteiger partial charge in [-0.25, -0.2) is 4.79 Å². The Balaban J connectivity index is 2.91. The van der Waals surface area contributed by atoms with E-state index in [1.165, 1.54) is 7.11 Å². The molecule has 0 aliphatic heterocycles. The van der Waals surface area contributed by atoms with Crippen molar-refractivity contribution in [3.8, 4) is 0 Å². The van der Waals surface area contributed by atoms with Crippen molar-refractivity contribution < 1.29 is 14.3 Å². The first-order chi connectivity index (χ1) is 7.79. The zero-order valence-corrected chi connectivity index (χ0v) is 10.7. The van der Waals surface area contributed by atoms with Crippen LogP contribution in [0.15, 0.2) is 0 Å². The van der Waals surface area contributed by atoms with Crippen molar-refractivity contribution in [1.29, 1.82) is 0 Å². The lowest BCUT2D eigenvalue weighted by Gasteiger charge is -2.23. The van der Waals surface area contributed by atoms with E-state index in [-0.39, 0.29) is 5.91 Å². The molecule has 0 aromatic carbocycles. The maximum absolute atomic E-state index is 12.0. The minimum Gasteiger partial charge on any atom is -0.467 e. The van der Waals surface area contributed by atoms with E-state index in [2.05, 4.69) is 20.3 Å². The Kier molecular flexibility index (Phi) is 3.55. The molecule has 0 saturated heterocycles. The van der Waals surface area contributed by atoms with Gasteiger partial charge in [-0.15, -0.1) is 0 Å². The number of nitrogens with zero attached hydrogens (tertiary/aromatic N) is 1. The molecule has 17 heavy (non-hydrogen) atoms. The highest BCUT2D eigenvalue weighted by atomic mass is 16.5. The monoisotopic (exact) mass is 239 g/mol. The number of H-pyrrole nitrogens is 1. The highest BCUT2D eigenvalue weighted by Gasteiger charge is 2.32. The molecule has 0 radical (unpaired) electrons. The van der Waals surface area contributed by atoms with Crippen LogP contribution in [-0.2, 0) is 9.53 Å². The molecule has 6 heteroatoms. The third kappa shape index (κ3) is 2.64. The second-order valence-electron chi connectivity index (χ2n) is 4.38. The molecular weight excluding hydrogens is 222 g/mol. The Labute approximate surface area is 99.7 Å². The van der Waals surface area contributed by atoms with Crippen molar-refractivity contribution in [2.75, 3.05) is 7.11 Å². The third-order valence-electron chi connectivity index (χ3n) is 2.48. The minimum atomic E-state index is -1.07. The first-order valence-electron chi connectivity index (χ1n) is 5.22. The summed E-state index contributed by atoms with van der Waals surface area (Å²) in [7, 11) is 1.28. The third-order valence-corrected chi connectivity index (χ3v) is 2.48. The molecule has 0 bridgehead atoms.